The van der Waals surface area contributed by atoms with E-state index in [4.69, 9.17) is 16.3 Å². The number of ether oxygens (including phenoxy) is 1. The Hall–Kier alpha value is -2.33. The van der Waals surface area contributed by atoms with Gasteiger partial charge >= 0.3 is 11.9 Å². The normalized spacial score (nSPS) is 16.4. The largest absolute Gasteiger partial charge is 0.459 e. The summed E-state index contributed by atoms with van der Waals surface area (Å²) in [5.74, 6) is -1.45. The summed E-state index contributed by atoms with van der Waals surface area (Å²) in [6.07, 6.45) is 0.697. The van der Waals surface area contributed by atoms with Crippen LogP contribution in [0.1, 0.15) is 29.7 Å². The second kappa shape index (κ2) is 7.05. The van der Waals surface area contributed by atoms with Crippen LogP contribution in [0, 0.1) is 0 Å². The molecule has 1 unspecified atom stereocenters. The van der Waals surface area contributed by atoms with Crippen molar-refractivity contribution in [3.8, 4) is 0 Å². The monoisotopic (exact) mass is 343 g/mol. The van der Waals surface area contributed by atoms with Crippen LogP contribution in [0.5, 0.6) is 0 Å². The molecular weight excluding hydrogens is 326 g/mol. The van der Waals surface area contributed by atoms with E-state index < -0.39 is 11.9 Å². The molecule has 0 bridgehead atoms. The van der Waals surface area contributed by atoms with E-state index in [9.17, 15) is 9.59 Å². The molecule has 0 saturated carbocycles. The fourth-order valence-corrected chi connectivity index (χ4v) is 3.37. The second-order valence-corrected chi connectivity index (χ2v) is 6.00. The highest BCUT2D eigenvalue weighted by atomic mass is 35.5. The minimum atomic E-state index is -0.825. The van der Waals surface area contributed by atoms with Gasteiger partial charge in [0.15, 0.2) is 0 Å². The third-order valence-corrected chi connectivity index (χ3v) is 4.54. The van der Waals surface area contributed by atoms with Gasteiger partial charge in [0.1, 0.15) is 0 Å². The van der Waals surface area contributed by atoms with Gasteiger partial charge in [-0.15, -0.1) is 0 Å². The lowest BCUT2D eigenvalue weighted by Gasteiger charge is -2.37. The van der Waals surface area contributed by atoms with E-state index in [1.807, 2.05) is 42.5 Å². The first-order chi connectivity index (χ1) is 11.6. The van der Waals surface area contributed by atoms with Crippen molar-refractivity contribution in [2.45, 2.75) is 19.4 Å². The molecule has 0 radical (unpaired) electrons. The molecule has 0 N–H and O–H groups in total. The van der Waals surface area contributed by atoms with Gasteiger partial charge in [0.2, 0.25) is 0 Å². The van der Waals surface area contributed by atoms with E-state index in [1.165, 1.54) is 0 Å². The minimum absolute atomic E-state index is 0.172. The van der Waals surface area contributed by atoms with Crippen LogP contribution in [-0.4, -0.2) is 29.9 Å². The number of rotatable bonds is 2. The van der Waals surface area contributed by atoms with Gasteiger partial charge in [-0.2, -0.15) is 0 Å². The minimum Gasteiger partial charge on any atom is -0.459 e. The number of carbonyl (C=O) groups is 2. The molecule has 1 atom stereocenters. The highest BCUT2D eigenvalue weighted by Crippen LogP contribution is 2.38. The average Bonchev–Trinajstić information content (AvgIpc) is 2.61. The van der Waals surface area contributed by atoms with E-state index in [2.05, 4.69) is 0 Å². The number of hydrogen-bond acceptors (Lipinski definition) is 3. The summed E-state index contributed by atoms with van der Waals surface area (Å²) in [6, 6.07) is 15.0. The predicted octanol–water partition coefficient (Wildman–Crippen LogP) is 3.38. The van der Waals surface area contributed by atoms with Crippen molar-refractivity contribution in [2.24, 2.45) is 0 Å². The van der Waals surface area contributed by atoms with Crippen molar-refractivity contribution in [2.75, 3.05) is 13.2 Å². The van der Waals surface area contributed by atoms with Crippen molar-refractivity contribution in [3.63, 3.8) is 0 Å². The van der Waals surface area contributed by atoms with Gasteiger partial charge in [0, 0.05) is 11.6 Å². The zero-order valence-electron chi connectivity index (χ0n) is 13.4. The molecule has 0 saturated heterocycles. The van der Waals surface area contributed by atoms with E-state index in [1.54, 1.807) is 17.9 Å². The smallest absolute Gasteiger partial charge is 0.397 e. The number of hydrogen-bond donors (Lipinski definition) is 0. The first-order valence-electron chi connectivity index (χ1n) is 7.93. The fourth-order valence-electron chi connectivity index (χ4n) is 3.13. The number of benzene rings is 2. The van der Waals surface area contributed by atoms with Gasteiger partial charge < -0.3 is 9.64 Å². The molecule has 1 aliphatic rings. The third kappa shape index (κ3) is 3.02. The quantitative estimate of drug-likeness (QED) is 0.620. The molecule has 2 aromatic rings. The van der Waals surface area contributed by atoms with Gasteiger partial charge in [-0.1, -0.05) is 54.1 Å². The Bertz CT molecular complexity index is 775. The molecule has 0 aromatic heterocycles. The van der Waals surface area contributed by atoms with Gasteiger partial charge in [-0.05, 0) is 36.1 Å². The number of esters is 1. The Labute approximate surface area is 146 Å². The van der Waals surface area contributed by atoms with E-state index >= 15 is 0 Å². The van der Waals surface area contributed by atoms with Crippen LogP contribution in [0.25, 0.3) is 0 Å². The van der Waals surface area contributed by atoms with Gasteiger partial charge in [-0.25, -0.2) is 4.79 Å². The van der Waals surface area contributed by atoms with E-state index in [-0.39, 0.29) is 12.6 Å². The Balaban J connectivity index is 2.08. The summed E-state index contributed by atoms with van der Waals surface area (Å²) < 4.78 is 4.90. The maximum atomic E-state index is 12.6. The van der Waals surface area contributed by atoms with Crippen LogP contribution in [0.2, 0.25) is 5.02 Å². The first kappa shape index (κ1) is 16.5. The van der Waals surface area contributed by atoms with E-state index in [0.717, 1.165) is 16.7 Å². The Morgan fingerprint density at radius 2 is 1.79 bits per heavy atom. The van der Waals surface area contributed by atoms with Crippen LogP contribution in [0.3, 0.4) is 0 Å². The highest BCUT2D eigenvalue weighted by molar-refractivity contribution is 6.33. The zero-order valence-corrected chi connectivity index (χ0v) is 14.1. The van der Waals surface area contributed by atoms with Crippen LogP contribution < -0.4 is 0 Å². The summed E-state index contributed by atoms with van der Waals surface area (Å²) in [6.45, 7) is 2.30. The second-order valence-electron chi connectivity index (χ2n) is 5.59. The third-order valence-electron chi connectivity index (χ3n) is 4.19. The van der Waals surface area contributed by atoms with Gasteiger partial charge in [-0.3, -0.25) is 4.79 Å². The Kier molecular flexibility index (Phi) is 4.86. The van der Waals surface area contributed by atoms with Gasteiger partial charge in [0.25, 0.3) is 0 Å². The molecule has 1 heterocycles. The summed E-state index contributed by atoms with van der Waals surface area (Å²) in [7, 11) is 0. The predicted molar refractivity (Wildman–Crippen MR) is 91.8 cm³/mol. The maximum Gasteiger partial charge on any atom is 0.397 e. The molecule has 0 aliphatic carbocycles. The fraction of sp³-hybridized carbons (Fsp3) is 0.263. The van der Waals surface area contributed by atoms with Gasteiger partial charge in [0.05, 0.1) is 12.6 Å². The topological polar surface area (TPSA) is 46.6 Å². The number of fused-ring (bicyclic) bond motifs is 1. The molecule has 2 aromatic carbocycles. The van der Waals surface area contributed by atoms with Crippen molar-refractivity contribution in [1.29, 1.82) is 0 Å². The highest BCUT2D eigenvalue weighted by Gasteiger charge is 2.36. The summed E-state index contributed by atoms with van der Waals surface area (Å²) in [5.41, 5.74) is 2.97. The van der Waals surface area contributed by atoms with Crippen LogP contribution >= 0.6 is 11.6 Å². The molecule has 4 nitrogen and oxygen atoms in total. The number of carbonyl (C=O) groups excluding carboxylic acids is 2. The molecule has 0 fully saturated rings. The molecule has 24 heavy (non-hydrogen) atoms. The lowest BCUT2D eigenvalue weighted by Crippen LogP contribution is -2.44. The molecule has 1 amide bonds. The number of amides is 1. The molecule has 0 spiro atoms. The van der Waals surface area contributed by atoms with Crippen LogP contribution in [-0.2, 0) is 20.7 Å². The summed E-state index contributed by atoms with van der Waals surface area (Å²) in [5, 5.41) is 0.570. The van der Waals surface area contributed by atoms with Crippen molar-refractivity contribution in [3.05, 3.63) is 70.2 Å². The van der Waals surface area contributed by atoms with Crippen molar-refractivity contribution >= 4 is 23.5 Å². The zero-order chi connectivity index (χ0) is 17.1. The van der Waals surface area contributed by atoms with Crippen LogP contribution in [0.15, 0.2) is 48.5 Å². The lowest BCUT2D eigenvalue weighted by atomic mass is 9.88. The molecule has 5 heteroatoms. The first-order valence-corrected chi connectivity index (χ1v) is 8.31. The Morgan fingerprint density at radius 3 is 2.50 bits per heavy atom. The molecular formula is C19H18ClNO3. The number of halogens is 1. The lowest BCUT2D eigenvalue weighted by molar-refractivity contribution is -0.161. The average molecular weight is 344 g/mol. The maximum absolute atomic E-state index is 12.6. The van der Waals surface area contributed by atoms with Crippen molar-refractivity contribution < 1.29 is 14.3 Å². The van der Waals surface area contributed by atoms with E-state index in [0.29, 0.717) is 18.0 Å². The molecule has 1 aliphatic heterocycles. The van der Waals surface area contributed by atoms with Crippen LogP contribution in [0.4, 0.5) is 0 Å². The summed E-state index contributed by atoms with van der Waals surface area (Å²) in [4.78, 5) is 26.1. The molecule has 3 rings (SSSR count). The van der Waals surface area contributed by atoms with Crippen molar-refractivity contribution in [1.82, 2.24) is 4.90 Å². The Morgan fingerprint density at radius 1 is 1.12 bits per heavy atom. The molecule has 124 valence electrons. The summed E-state index contributed by atoms with van der Waals surface area (Å²) >= 11 is 6.38. The SMILES string of the molecule is CCOC(=O)C(=O)N1CCc2ccccc2C1c1ccccc1Cl. The standard InChI is InChI=1S/C19H18ClNO3/c1-2-24-19(23)18(22)21-12-11-13-7-3-4-8-14(13)17(21)15-9-5-6-10-16(15)20/h3-10,17H,2,11-12H2,1H3. The number of nitrogens with zero attached hydrogens (tertiary/aromatic N) is 1.